The molecule has 4 aromatic rings. The van der Waals surface area contributed by atoms with E-state index in [1.54, 1.807) is 13.4 Å². The average Bonchev–Trinajstić information content (AvgIpc) is 3.57. The molecule has 1 atom stereocenters. The van der Waals surface area contributed by atoms with Crippen molar-refractivity contribution in [1.29, 1.82) is 0 Å². The van der Waals surface area contributed by atoms with Crippen molar-refractivity contribution >= 4 is 17.7 Å². The van der Waals surface area contributed by atoms with Crippen molar-refractivity contribution in [3.8, 4) is 17.1 Å². The lowest BCUT2D eigenvalue weighted by Gasteiger charge is -2.33. The summed E-state index contributed by atoms with van der Waals surface area (Å²) in [5.74, 6) is 2.59. The summed E-state index contributed by atoms with van der Waals surface area (Å²) in [4.78, 5) is 15.1. The predicted octanol–water partition coefficient (Wildman–Crippen LogP) is 5.22. The minimum absolute atomic E-state index is 0.0761. The van der Waals surface area contributed by atoms with E-state index in [0.29, 0.717) is 17.5 Å². The molecule has 0 N–H and O–H groups in total. The molecule has 0 aliphatic heterocycles. The van der Waals surface area contributed by atoms with Crippen molar-refractivity contribution < 1.29 is 13.9 Å². The molecule has 5 rings (SSSR count). The van der Waals surface area contributed by atoms with Gasteiger partial charge >= 0.3 is 0 Å². The Bertz CT molecular complexity index is 1300. The van der Waals surface area contributed by atoms with E-state index in [4.69, 9.17) is 9.15 Å². The van der Waals surface area contributed by atoms with Crippen LogP contribution in [0.3, 0.4) is 0 Å². The van der Waals surface area contributed by atoms with Crippen molar-refractivity contribution in [2.45, 2.75) is 37.0 Å². The van der Waals surface area contributed by atoms with Crippen LogP contribution < -0.4 is 4.74 Å². The molecule has 2 aromatic heterocycles. The molecule has 0 radical (unpaired) electrons. The van der Waals surface area contributed by atoms with Crippen LogP contribution in [0.15, 0.2) is 76.5 Å². The van der Waals surface area contributed by atoms with Crippen LogP contribution in [0.25, 0.3) is 11.4 Å². The predicted molar refractivity (Wildman–Crippen MR) is 135 cm³/mol. The second-order valence-corrected chi connectivity index (χ2v) is 9.55. The molecule has 2 aromatic carbocycles. The smallest absolute Gasteiger partial charge is 0.233 e. The van der Waals surface area contributed by atoms with Gasteiger partial charge in [-0.15, -0.1) is 10.2 Å². The van der Waals surface area contributed by atoms with Crippen molar-refractivity contribution in [3.63, 3.8) is 0 Å². The molecule has 0 bridgehead atoms. The van der Waals surface area contributed by atoms with Gasteiger partial charge in [0.05, 0.1) is 31.7 Å². The molecule has 1 aliphatic carbocycles. The maximum atomic E-state index is 13.2. The van der Waals surface area contributed by atoms with Crippen LogP contribution >= 0.6 is 11.8 Å². The van der Waals surface area contributed by atoms with Crippen LogP contribution in [0.5, 0.6) is 5.75 Å². The topological polar surface area (TPSA) is 73.4 Å². The number of carbonyl (C=O) groups is 1. The molecular formula is C27H28N4O3S. The summed E-state index contributed by atoms with van der Waals surface area (Å²) in [5.41, 5.74) is 3.50. The third-order valence-corrected chi connectivity index (χ3v) is 7.41. The highest BCUT2D eigenvalue weighted by Crippen LogP contribution is 2.34. The van der Waals surface area contributed by atoms with E-state index in [0.717, 1.165) is 36.3 Å². The van der Waals surface area contributed by atoms with E-state index in [1.165, 1.54) is 22.9 Å². The molecule has 35 heavy (non-hydrogen) atoms. The van der Waals surface area contributed by atoms with Gasteiger partial charge in [0.25, 0.3) is 0 Å². The zero-order valence-corrected chi connectivity index (χ0v) is 20.7. The van der Waals surface area contributed by atoms with Crippen LogP contribution in [0.2, 0.25) is 0 Å². The number of rotatable bonds is 8. The summed E-state index contributed by atoms with van der Waals surface area (Å²) in [6.07, 6.45) is 4.80. The number of hydrogen-bond acceptors (Lipinski definition) is 6. The number of ether oxygens (including phenoxy) is 1. The zero-order chi connectivity index (χ0) is 24.2. The van der Waals surface area contributed by atoms with Crippen molar-refractivity contribution in [1.82, 2.24) is 19.7 Å². The normalized spacial score (nSPS) is 15.0. The van der Waals surface area contributed by atoms with Gasteiger partial charge in [0, 0.05) is 12.6 Å². The summed E-state index contributed by atoms with van der Waals surface area (Å²) in [6, 6.07) is 20.1. The van der Waals surface area contributed by atoms with Gasteiger partial charge < -0.3 is 14.1 Å². The van der Waals surface area contributed by atoms with E-state index in [1.807, 2.05) is 52.9 Å². The summed E-state index contributed by atoms with van der Waals surface area (Å²) in [5, 5.41) is 9.56. The third kappa shape index (κ3) is 4.98. The van der Waals surface area contributed by atoms with Crippen LogP contribution in [0, 0.1) is 0 Å². The Kier molecular flexibility index (Phi) is 6.90. The van der Waals surface area contributed by atoms with Gasteiger partial charge in [-0.25, -0.2) is 0 Å². The number of carbonyl (C=O) groups excluding carboxylic acids is 1. The van der Waals surface area contributed by atoms with Gasteiger partial charge in [0.2, 0.25) is 5.91 Å². The fraction of sp³-hybridized carbons (Fsp3) is 0.296. The summed E-state index contributed by atoms with van der Waals surface area (Å²) in [7, 11) is 3.55. The van der Waals surface area contributed by atoms with Crippen LogP contribution in [0.4, 0.5) is 0 Å². The molecule has 2 heterocycles. The molecule has 7 nitrogen and oxygen atoms in total. The highest BCUT2D eigenvalue weighted by Gasteiger charge is 2.27. The number of furan rings is 1. The third-order valence-electron chi connectivity index (χ3n) is 6.46. The lowest BCUT2D eigenvalue weighted by Crippen LogP contribution is -2.34. The monoisotopic (exact) mass is 488 g/mol. The standard InChI is InChI=1S/C27H28N4O3S/c1-30(24-14-6-9-19-8-3-4-13-23(19)24)25(32)18-35-27-29-28-26(20-10-5-11-21(16-20)33-2)31(27)17-22-12-7-15-34-22/h3-5,7-8,10-13,15-16,24H,6,9,14,17-18H2,1-2H3. The number of nitrogens with zero attached hydrogens (tertiary/aromatic N) is 4. The van der Waals surface area contributed by atoms with Gasteiger partial charge in [0.1, 0.15) is 11.5 Å². The van der Waals surface area contributed by atoms with Crippen LogP contribution in [0.1, 0.15) is 35.8 Å². The average molecular weight is 489 g/mol. The first kappa shape index (κ1) is 23.2. The molecule has 0 saturated carbocycles. The largest absolute Gasteiger partial charge is 0.497 e. The lowest BCUT2D eigenvalue weighted by molar-refractivity contribution is -0.129. The minimum Gasteiger partial charge on any atom is -0.497 e. The molecule has 8 heteroatoms. The molecule has 1 aliphatic rings. The molecule has 180 valence electrons. The summed E-state index contributed by atoms with van der Waals surface area (Å²) < 4.78 is 13.0. The van der Waals surface area contributed by atoms with Gasteiger partial charge in [-0.2, -0.15) is 0 Å². The Morgan fingerprint density at radius 3 is 2.89 bits per heavy atom. The highest BCUT2D eigenvalue weighted by molar-refractivity contribution is 7.99. The summed E-state index contributed by atoms with van der Waals surface area (Å²) >= 11 is 1.40. The number of aromatic nitrogens is 3. The lowest BCUT2D eigenvalue weighted by atomic mass is 9.87. The van der Waals surface area contributed by atoms with E-state index in [2.05, 4.69) is 34.5 Å². The number of thioether (sulfide) groups is 1. The zero-order valence-electron chi connectivity index (χ0n) is 19.9. The maximum Gasteiger partial charge on any atom is 0.233 e. The number of methoxy groups -OCH3 is 1. The van der Waals surface area contributed by atoms with Gasteiger partial charge in [-0.05, 0) is 54.7 Å². The van der Waals surface area contributed by atoms with E-state index in [9.17, 15) is 4.79 Å². The van der Waals surface area contributed by atoms with E-state index in [-0.39, 0.29) is 17.7 Å². The molecule has 0 saturated heterocycles. The van der Waals surface area contributed by atoms with Gasteiger partial charge in [-0.3, -0.25) is 9.36 Å². The Morgan fingerprint density at radius 1 is 1.17 bits per heavy atom. The highest BCUT2D eigenvalue weighted by atomic mass is 32.2. The first-order valence-electron chi connectivity index (χ1n) is 11.7. The molecule has 1 amide bonds. The molecule has 0 fully saturated rings. The Morgan fingerprint density at radius 2 is 2.06 bits per heavy atom. The molecule has 0 spiro atoms. The maximum absolute atomic E-state index is 13.2. The van der Waals surface area contributed by atoms with E-state index < -0.39 is 0 Å². The van der Waals surface area contributed by atoms with Crippen LogP contribution in [-0.4, -0.2) is 45.5 Å². The van der Waals surface area contributed by atoms with Gasteiger partial charge in [0.15, 0.2) is 11.0 Å². The Labute approximate surface area is 209 Å². The fourth-order valence-electron chi connectivity index (χ4n) is 4.60. The van der Waals surface area contributed by atoms with Crippen molar-refractivity contribution in [2.24, 2.45) is 0 Å². The quantitative estimate of drug-likeness (QED) is 0.317. The molecule has 1 unspecified atom stereocenters. The molecular weight excluding hydrogens is 460 g/mol. The van der Waals surface area contributed by atoms with Crippen LogP contribution in [-0.2, 0) is 17.8 Å². The summed E-state index contributed by atoms with van der Waals surface area (Å²) in [6.45, 7) is 0.467. The first-order chi connectivity index (χ1) is 17.1. The number of amides is 1. The van der Waals surface area contributed by atoms with Crippen molar-refractivity contribution in [3.05, 3.63) is 83.8 Å². The second kappa shape index (κ2) is 10.4. The number of hydrogen-bond donors (Lipinski definition) is 0. The fourth-order valence-corrected chi connectivity index (χ4v) is 5.47. The SMILES string of the molecule is COc1cccc(-c2nnc(SCC(=O)N(C)C3CCCc4ccccc43)n2Cc2ccco2)c1. The minimum atomic E-state index is 0.0761. The van der Waals surface area contributed by atoms with E-state index >= 15 is 0 Å². The second-order valence-electron chi connectivity index (χ2n) is 8.60. The van der Waals surface area contributed by atoms with Crippen molar-refractivity contribution in [2.75, 3.05) is 19.9 Å². The Hall–Kier alpha value is -3.52. The van der Waals surface area contributed by atoms with Gasteiger partial charge in [-0.1, -0.05) is 48.2 Å². The first-order valence-corrected chi connectivity index (χ1v) is 12.7. The number of aryl methyl sites for hydroxylation is 1. The number of fused-ring (bicyclic) bond motifs is 1. The Balaban J connectivity index is 1.36. The number of benzene rings is 2.